The molecule has 0 heterocycles. The number of hydrogen-bond acceptors (Lipinski definition) is 11. The van der Waals surface area contributed by atoms with Crippen LogP contribution in [0.1, 0.15) is 25.7 Å². The van der Waals surface area contributed by atoms with E-state index in [0.717, 1.165) is 0 Å². The predicted octanol–water partition coefficient (Wildman–Crippen LogP) is -1.58. The molecule has 0 saturated heterocycles. The monoisotopic (exact) mass is 579 g/mol. The largest absolute Gasteiger partial charge is 0.481 e. The number of amides is 3. The molecule has 0 aliphatic rings. The molecule has 0 spiro atoms. The highest BCUT2D eigenvalue weighted by atomic mass is 32.1. The van der Waals surface area contributed by atoms with E-state index >= 15 is 0 Å². The first kappa shape index (κ1) is 35.9. The van der Waals surface area contributed by atoms with Gasteiger partial charge in [0.05, 0.1) is 39.5 Å². The number of thiol groups is 1. The third kappa shape index (κ3) is 18.7. The van der Waals surface area contributed by atoms with E-state index in [2.05, 4.69) is 38.6 Å². The number of nitrogens with two attached hydrogens (primary N) is 1. The first-order valence-electron chi connectivity index (χ1n) is 12.1. The van der Waals surface area contributed by atoms with Gasteiger partial charge in [-0.25, -0.2) is 4.79 Å². The molecule has 0 aromatic carbocycles. The zero-order valence-corrected chi connectivity index (χ0v) is 22.3. The van der Waals surface area contributed by atoms with E-state index in [9.17, 15) is 29.1 Å². The van der Waals surface area contributed by atoms with Gasteiger partial charge in [-0.05, 0) is 31.3 Å². The molecule has 17 nitrogen and oxygen atoms in total. The maximum atomic E-state index is 12.6. The van der Waals surface area contributed by atoms with Crippen LogP contribution in [-0.2, 0) is 38.2 Å². The molecule has 7 N–H and O–H groups in total. The fourth-order valence-electron chi connectivity index (χ4n) is 2.86. The Morgan fingerprint density at radius 2 is 1.46 bits per heavy atom. The van der Waals surface area contributed by atoms with E-state index in [4.69, 9.17) is 30.6 Å². The lowest BCUT2D eigenvalue weighted by molar-refractivity contribution is -0.143. The van der Waals surface area contributed by atoms with Crippen molar-refractivity contribution in [2.45, 2.75) is 43.8 Å². The molecular weight excluding hydrogens is 542 g/mol. The van der Waals surface area contributed by atoms with Crippen LogP contribution in [0.2, 0.25) is 0 Å². The lowest BCUT2D eigenvalue weighted by atomic mass is 10.1. The van der Waals surface area contributed by atoms with E-state index in [1.165, 1.54) is 0 Å². The maximum Gasteiger partial charge on any atom is 0.326 e. The van der Waals surface area contributed by atoms with Crippen LogP contribution in [0.3, 0.4) is 0 Å². The number of hydrogen-bond donors (Lipinski definition) is 7. The Labute approximate surface area is 230 Å². The highest BCUT2D eigenvalue weighted by molar-refractivity contribution is 7.80. The molecule has 0 aliphatic carbocycles. The van der Waals surface area contributed by atoms with Gasteiger partial charge >= 0.3 is 11.9 Å². The van der Waals surface area contributed by atoms with Gasteiger partial charge in [-0.3, -0.25) is 19.2 Å². The Morgan fingerprint density at radius 1 is 0.872 bits per heavy atom. The van der Waals surface area contributed by atoms with Crippen molar-refractivity contribution in [2.24, 2.45) is 10.8 Å². The van der Waals surface area contributed by atoms with Crippen LogP contribution in [0, 0.1) is 0 Å². The highest BCUT2D eigenvalue weighted by Crippen LogP contribution is 2.03. The zero-order valence-electron chi connectivity index (χ0n) is 21.5. The number of carboxylic acid groups (broad SMARTS) is 2. The molecule has 18 heteroatoms. The molecule has 0 fully saturated rings. The number of unbranched alkanes of at least 4 members (excludes halogenated alkanes) is 1. The second kappa shape index (κ2) is 22.8. The van der Waals surface area contributed by atoms with Gasteiger partial charge in [0, 0.05) is 17.2 Å². The number of rotatable bonds is 24. The number of carboxylic acids is 2. The third-order valence-electron chi connectivity index (χ3n) is 4.78. The quantitative estimate of drug-likeness (QED) is 0.0225. The number of carbonyl (C=O) groups excluding carboxylic acids is 3. The fraction of sp³-hybridized carbons (Fsp3) is 0.762. The number of ether oxygens (including phenoxy) is 3. The predicted molar refractivity (Wildman–Crippen MR) is 139 cm³/mol. The summed E-state index contributed by atoms with van der Waals surface area (Å²) in [5, 5.41) is 28.6. The van der Waals surface area contributed by atoms with Gasteiger partial charge in [0.15, 0.2) is 0 Å². The Morgan fingerprint density at radius 3 is 2.03 bits per heavy atom. The van der Waals surface area contributed by atoms with Gasteiger partial charge in [-0.1, -0.05) is 5.11 Å². The number of nitrogens with zero attached hydrogens (tertiary/aromatic N) is 3. The van der Waals surface area contributed by atoms with Crippen LogP contribution in [0.4, 0.5) is 0 Å². The first-order chi connectivity index (χ1) is 18.7. The van der Waals surface area contributed by atoms with Crippen LogP contribution >= 0.6 is 12.6 Å². The number of azide groups is 1. The van der Waals surface area contributed by atoms with Crippen molar-refractivity contribution in [3.8, 4) is 0 Å². The van der Waals surface area contributed by atoms with Gasteiger partial charge < -0.3 is 46.1 Å². The molecule has 0 unspecified atom stereocenters. The lowest BCUT2D eigenvalue weighted by Gasteiger charge is -2.23. The molecule has 3 atom stereocenters. The summed E-state index contributed by atoms with van der Waals surface area (Å²) in [6, 6.07) is -4.04. The first-order valence-corrected chi connectivity index (χ1v) is 12.7. The van der Waals surface area contributed by atoms with Crippen molar-refractivity contribution in [3.05, 3.63) is 10.4 Å². The number of carbonyl (C=O) groups is 5. The standard InChI is InChI=1S/C21H37N7O10S/c22-4-2-1-3-14(21(34)35)26-20(33)16(13-39)27-19(32)15(11-18(30)31)25-17(29)12-38-10-9-37-8-7-36-6-5-24-28-23/h14-16,39H,1-13,22H2,(H,25,29)(H,26,33)(H,27,32)(H,30,31)(H,34,35)/t14-,15-,16-/m0/s1. The zero-order chi connectivity index (χ0) is 29.5. The molecule has 39 heavy (non-hydrogen) atoms. The Kier molecular flexibility index (Phi) is 21.0. The molecule has 0 bridgehead atoms. The maximum absolute atomic E-state index is 12.6. The Bertz CT molecular complexity index is 829. The fourth-order valence-corrected chi connectivity index (χ4v) is 3.12. The number of nitrogens with one attached hydrogen (secondary N) is 3. The van der Waals surface area contributed by atoms with E-state index in [0.29, 0.717) is 19.4 Å². The van der Waals surface area contributed by atoms with Crippen molar-refractivity contribution in [2.75, 3.05) is 58.5 Å². The number of aliphatic carboxylic acids is 2. The van der Waals surface area contributed by atoms with Crippen molar-refractivity contribution < 1.29 is 48.4 Å². The van der Waals surface area contributed by atoms with Crippen molar-refractivity contribution >= 4 is 42.3 Å². The second-order valence-electron chi connectivity index (χ2n) is 7.88. The average molecular weight is 580 g/mol. The summed E-state index contributed by atoms with van der Waals surface area (Å²) >= 11 is 4.00. The van der Waals surface area contributed by atoms with E-state index in [1.54, 1.807) is 0 Å². The van der Waals surface area contributed by atoms with Gasteiger partial charge in [0.1, 0.15) is 24.7 Å². The molecular formula is C21H37N7O10S. The van der Waals surface area contributed by atoms with Crippen LogP contribution in [0.5, 0.6) is 0 Å². The molecule has 0 saturated carbocycles. The van der Waals surface area contributed by atoms with Crippen molar-refractivity contribution in [1.82, 2.24) is 16.0 Å². The smallest absolute Gasteiger partial charge is 0.326 e. The van der Waals surface area contributed by atoms with Gasteiger partial charge in [0.25, 0.3) is 0 Å². The van der Waals surface area contributed by atoms with E-state index in [-0.39, 0.29) is 51.8 Å². The lowest BCUT2D eigenvalue weighted by Crippen LogP contribution is -2.57. The van der Waals surface area contributed by atoms with E-state index in [1.807, 2.05) is 0 Å². The summed E-state index contributed by atoms with van der Waals surface area (Å²) in [5.41, 5.74) is 13.5. The SMILES string of the molecule is [N-]=[N+]=NCCOCCOCCOCC(=O)N[C@@H](CC(=O)O)C(=O)N[C@@H](CS)C(=O)N[C@@H](CCCCN)C(=O)O. The third-order valence-corrected chi connectivity index (χ3v) is 5.15. The summed E-state index contributed by atoms with van der Waals surface area (Å²) in [6.07, 6.45) is 0.371. The average Bonchev–Trinajstić information content (AvgIpc) is 2.88. The van der Waals surface area contributed by atoms with Crippen LogP contribution in [-0.4, -0.2) is 116 Å². The van der Waals surface area contributed by atoms with E-state index < -0.39 is 60.8 Å². The molecule has 222 valence electrons. The van der Waals surface area contributed by atoms with Gasteiger partial charge in [-0.2, -0.15) is 12.6 Å². The minimum Gasteiger partial charge on any atom is -0.481 e. The molecule has 0 rings (SSSR count). The summed E-state index contributed by atoms with van der Waals surface area (Å²) < 4.78 is 15.5. The summed E-state index contributed by atoms with van der Waals surface area (Å²) in [7, 11) is 0. The van der Waals surface area contributed by atoms with Crippen LogP contribution in [0.25, 0.3) is 10.4 Å². The van der Waals surface area contributed by atoms with Crippen LogP contribution in [0.15, 0.2) is 5.11 Å². The summed E-state index contributed by atoms with van der Waals surface area (Å²) in [5.74, 6) is -5.45. The summed E-state index contributed by atoms with van der Waals surface area (Å²) in [4.78, 5) is 62.6. The second-order valence-corrected chi connectivity index (χ2v) is 8.24. The van der Waals surface area contributed by atoms with Crippen molar-refractivity contribution in [3.63, 3.8) is 0 Å². The molecule has 0 aromatic heterocycles. The van der Waals surface area contributed by atoms with Gasteiger partial charge in [-0.15, -0.1) is 0 Å². The minimum absolute atomic E-state index is 0.0276. The van der Waals surface area contributed by atoms with Crippen molar-refractivity contribution in [1.29, 1.82) is 0 Å². The summed E-state index contributed by atoms with van der Waals surface area (Å²) in [6.45, 7) is 1.01. The minimum atomic E-state index is -1.53. The normalized spacial score (nSPS) is 12.9. The molecule has 0 radical (unpaired) electrons. The van der Waals surface area contributed by atoms with Gasteiger partial charge in [0.2, 0.25) is 17.7 Å². The molecule has 3 amide bonds. The molecule has 0 aliphatic heterocycles. The van der Waals surface area contributed by atoms with Crippen LogP contribution < -0.4 is 21.7 Å². The Hall–Kier alpha value is -3.15. The highest BCUT2D eigenvalue weighted by Gasteiger charge is 2.30. The Balaban J connectivity index is 4.65. The molecule has 0 aromatic rings. The topological polar surface area (TPSA) is 264 Å².